The van der Waals surface area contributed by atoms with Crippen molar-refractivity contribution >= 4 is 11.8 Å². The Hall–Kier alpha value is -2.50. The van der Waals surface area contributed by atoms with E-state index in [1.807, 2.05) is 49.3 Å². The summed E-state index contributed by atoms with van der Waals surface area (Å²) in [7, 11) is 4.02. The molecule has 0 aliphatic heterocycles. The van der Waals surface area contributed by atoms with E-state index in [0.717, 1.165) is 48.0 Å². The molecule has 0 spiro atoms. The van der Waals surface area contributed by atoms with E-state index in [-0.39, 0.29) is 0 Å². The van der Waals surface area contributed by atoms with Crippen LogP contribution in [0, 0.1) is 11.8 Å². The number of aromatic nitrogens is 1. The molecule has 0 amide bonds. The largest absolute Gasteiger partial charge is 0.469 e. The summed E-state index contributed by atoms with van der Waals surface area (Å²) in [6, 6.07) is 10.6. The minimum absolute atomic E-state index is 0.551. The van der Waals surface area contributed by atoms with Gasteiger partial charge in [0, 0.05) is 33.1 Å². The van der Waals surface area contributed by atoms with Gasteiger partial charge in [0.2, 0.25) is 0 Å². The maximum absolute atomic E-state index is 5.44. The van der Waals surface area contributed by atoms with Gasteiger partial charge in [0.15, 0.2) is 5.96 Å². The van der Waals surface area contributed by atoms with Gasteiger partial charge < -0.3 is 20.0 Å². The van der Waals surface area contributed by atoms with Crippen LogP contribution in [0.4, 0.5) is 5.82 Å². The number of rotatable bonds is 7. The van der Waals surface area contributed by atoms with E-state index in [0.29, 0.717) is 12.6 Å². The van der Waals surface area contributed by atoms with Gasteiger partial charge in [-0.1, -0.05) is 12.5 Å². The zero-order valence-electron chi connectivity index (χ0n) is 16.9. The lowest BCUT2D eigenvalue weighted by atomic mass is 9.95. The van der Waals surface area contributed by atoms with Crippen LogP contribution in [0.15, 0.2) is 46.0 Å². The van der Waals surface area contributed by atoms with E-state index in [1.54, 1.807) is 6.26 Å². The Morgan fingerprint density at radius 1 is 1.21 bits per heavy atom. The smallest absolute Gasteiger partial charge is 0.191 e. The van der Waals surface area contributed by atoms with Crippen LogP contribution < -0.4 is 15.5 Å². The maximum Gasteiger partial charge on any atom is 0.191 e. The second-order valence-electron chi connectivity index (χ2n) is 8.23. The van der Waals surface area contributed by atoms with Crippen LogP contribution in [0.5, 0.6) is 0 Å². The molecule has 2 aromatic rings. The number of nitrogens with zero attached hydrogens (tertiary/aromatic N) is 3. The average Bonchev–Trinajstić information content (AvgIpc) is 3.44. The summed E-state index contributed by atoms with van der Waals surface area (Å²) in [5.41, 5.74) is 0.978. The number of guanidine groups is 1. The van der Waals surface area contributed by atoms with Crippen molar-refractivity contribution in [2.24, 2.45) is 16.8 Å². The quantitative estimate of drug-likeness (QED) is 0.569. The van der Waals surface area contributed by atoms with Gasteiger partial charge in [0.05, 0.1) is 18.5 Å². The van der Waals surface area contributed by atoms with Crippen LogP contribution >= 0.6 is 0 Å². The fourth-order valence-electron chi connectivity index (χ4n) is 4.47. The molecule has 0 radical (unpaired) electrons. The summed E-state index contributed by atoms with van der Waals surface area (Å²) >= 11 is 0. The second kappa shape index (κ2) is 8.67. The molecule has 2 aliphatic rings. The predicted molar refractivity (Wildman–Crippen MR) is 112 cm³/mol. The molecule has 2 bridgehead atoms. The molecule has 4 rings (SSSR count). The number of nitrogens with one attached hydrogen (secondary N) is 2. The highest BCUT2D eigenvalue weighted by Crippen LogP contribution is 2.44. The molecule has 2 aliphatic carbocycles. The Morgan fingerprint density at radius 2 is 2.14 bits per heavy atom. The highest BCUT2D eigenvalue weighted by Gasteiger charge is 2.39. The molecule has 3 unspecified atom stereocenters. The van der Waals surface area contributed by atoms with Gasteiger partial charge in [0.25, 0.3) is 0 Å². The van der Waals surface area contributed by atoms with Crippen LogP contribution in [0.3, 0.4) is 0 Å². The molecule has 2 N–H and O–H groups in total. The number of hydrogen-bond acceptors (Lipinski definition) is 4. The lowest BCUT2D eigenvalue weighted by molar-refractivity contribution is 0.387. The minimum Gasteiger partial charge on any atom is -0.469 e. The standard InChI is InChI=1S/C22H31N5O/c1-27(2)21-7-3-5-18(25-21)15-24-22(23-11-10-19-6-4-12-28-19)26-20-14-16-8-9-17(20)13-16/h3-7,12,16-17,20H,8-11,13-15H2,1-2H3,(H2,23,24,26). The van der Waals surface area contributed by atoms with Crippen LogP contribution in [-0.2, 0) is 13.0 Å². The summed E-state index contributed by atoms with van der Waals surface area (Å²) in [4.78, 5) is 11.5. The van der Waals surface area contributed by atoms with Crippen molar-refractivity contribution in [1.82, 2.24) is 15.6 Å². The van der Waals surface area contributed by atoms with Crippen molar-refractivity contribution in [2.45, 2.75) is 44.7 Å². The Bertz CT molecular complexity index is 786. The van der Waals surface area contributed by atoms with Crippen molar-refractivity contribution in [3.05, 3.63) is 48.0 Å². The SMILES string of the molecule is CN(C)c1cccc(CN=C(NCCc2ccco2)NC2CC3CCC2C3)n1. The Morgan fingerprint density at radius 3 is 2.86 bits per heavy atom. The number of pyridine rings is 1. The summed E-state index contributed by atoms with van der Waals surface area (Å²) in [6.45, 7) is 1.36. The number of hydrogen-bond donors (Lipinski definition) is 2. The van der Waals surface area contributed by atoms with E-state index >= 15 is 0 Å². The topological polar surface area (TPSA) is 65.7 Å². The first kappa shape index (κ1) is 18.8. The molecule has 28 heavy (non-hydrogen) atoms. The van der Waals surface area contributed by atoms with Gasteiger partial charge in [-0.2, -0.15) is 0 Å². The first-order valence-corrected chi connectivity index (χ1v) is 10.4. The van der Waals surface area contributed by atoms with E-state index < -0.39 is 0 Å². The highest BCUT2D eigenvalue weighted by atomic mass is 16.3. The fraction of sp³-hybridized carbons (Fsp3) is 0.545. The summed E-state index contributed by atoms with van der Waals surface area (Å²) in [5.74, 6) is 4.55. The third-order valence-electron chi connectivity index (χ3n) is 5.95. The maximum atomic E-state index is 5.44. The summed E-state index contributed by atoms with van der Waals surface area (Å²) in [5, 5.41) is 7.20. The fourth-order valence-corrected chi connectivity index (χ4v) is 4.47. The molecule has 6 heteroatoms. The molecule has 2 saturated carbocycles. The first-order valence-electron chi connectivity index (χ1n) is 10.4. The van der Waals surface area contributed by atoms with Crippen LogP contribution in [0.2, 0.25) is 0 Å². The van der Waals surface area contributed by atoms with Crippen LogP contribution in [0.25, 0.3) is 0 Å². The normalized spacial score (nSPS) is 23.8. The van der Waals surface area contributed by atoms with Gasteiger partial charge in [-0.25, -0.2) is 9.98 Å². The Balaban J connectivity index is 1.40. The van der Waals surface area contributed by atoms with E-state index in [1.165, 1.54) is 25.7 Å². The third kappa shape index (κ3) is 4.66. The Kier molecular flexibility index (Phi) is 5.84. The molecule has 2 heterocycles. The molecule has 0 aromatic carbocycles. The molecule has 150 valence electrons. The molecule has 2 fully saturated rings. The van der Waals surface area contributed by atoms with E-state index in [2.05, 4.69) is 15.6 Å². The Labute approximate surface area is 167 Å². The number of fused-ring (bicyclic) bond motifs is 2. The molecule has 2 aromatic heterocycles. The van der Waals surface area contributed by atoms with Crippen molar-refractivity contribution in [1.29, 1.82) is 0 Å². The monoisotopic (exact) mass is 381 g/mol. The highest BCUT2D eigenvalue weighted by molar-refractivity contribution is 5.80. The van der Waals surface area contributed by atoms with Crippen LogP contribution in [0.1, 0.15) is 37.1 Å². The van der Waals surface area contributed by atoms with Gasteiger partial charge >= 0.3 is 0 Å². The van der Waals surface area contributed by atoms with E-state index in [4.69, 9.17) is 9.41 Å². The molecular formula is C22H31N5O. The van der Waals surface area contributed by atoms with Gasteiger partial charge in [-0.15, -0.1) is 0 Å². The summed E-state index contributed by atoms with van der Waals surface area (Å²) in [6.07, 6.45) is 7.98. The van der Waals surface area contributed by atoms with Crippen molar-refractivity contribution in [3.63, 3.8) is 0 Å². The average molecular weight is 382 g/mol. The zero-order chi connectivity index (χ0) is 19.3. The summed E-state index contributed by atoms with van der Waals surface area (Å²) < 4.78 is 5.44. The zero-order valence-corrected chi connectivity index (χ0v) is 16.9. The minimum atomic E-state index is 0.551. The van der Waals surface area contributed by atoms with Gasteiger partial charge in [0.1, 0.15) is 11.6 Å². The third-order valence-corrected chi connectivity index (χ3v) is 5.95. The number of furan rings is 1. The molecule has 6 nitrogen and oxygen atoms in total. The predicted octanol–water partition coefficient (Wildman–Crippen LogP) is 3.21. The first-order chi connectivity index (χ1) is 13.7. The molecule has 0 saturated heterocycles. The lowest BCUT2D eigenvalue weighted by Crippen LogP contribution is -2.46. The van der Waals surface area contributed by atoms with Gasteiger partial charge in [-0.3, -0.25) is 0 Å². The van der Waals surface area contributed by atoms with Crippen LogP contribution in [-0.4, -0.2) is 37.6 Å². The number of anilines is 1. The van der Waals surface area contributed by atoms with Crippen molar-refractivity contribution in [3.8, 4) is 0 Å². The van der Waals surface area contributed by atoms with E-state index in [9.17, 15) is 0 Å². The van der Waals surface area contributed by atoms with Gasteiger partial charge in [-0.05, 0) is 55.4 Å². The van der Waals surface area contributed by atoms with Crippen molar-refractivity contribution in [2.75, 3.05) is 25.5 Å². The number of aliphatic imine (C=N–C) groups is 1. The van der Waals surface area contributed by atoms with Crippen molar-refractivity contribution < 1.29 is 4.42 Å². The molecular weight excluding hydrogens is 350 g/mol. The lowest BCUT2D eigenvalue weighted by Gasteiger charge is -2.25. The second-order valence-corrected chi connectivity index (χ2v) is 8.23. The molecule has 3 atom stereocenters.